The Kier molecular flexibility index (Phi) is 4.77. The molecule has 29 heavy (non-hydrogen) atoms. The first-order valence-electron chi connectivity index (χ1n) is 8.27. The van der Waals surface area contributed by atoms with E-state index in [1.807, 2.05) is 0 Å². The van der Waals surface area contributed by atoms with E-state index < -0.39 is 41.3 Å². The summed E-state index contributed by atoms with van der Waals surface area (Å²) >= 11 is 0. The van der Waals surface area contributed by atoms with Gasteiger partial charge < -0.3 is 0 Å². The SMILES string of the molecule is CC1(c2cc[c]cc2)C(=O)N(c2ccc(C#N)c(C(F)(F)F)c2)C(=O)N1CC#N. The molecule has 1 saturated heterocycles. The lowest BCUT2D eigenvalue weighted by Gasteiger charge is -2.30. The first-order chi connectivity index (χ1) is 13.7. The molecule has 0 saturated carbocycles. The van der Waals surface area contributed by atoms with Crippen LogP contribution in [0.25, 0.3) is 0 Å². The average Bonchev–Trinajstić information content (AvgIpc) is 2.89. The summed E-state index contributed by atoms with van der Waals surface area (Å²) in [7, 11) is 0. The molecule has 3 amide bonds. The molecule has 145 valence electrons. The van der Waals surface area contributed by atoms with Gasteiger partial charge in [0.05, 0.1) is 29.0 Å². The van der Waals surface area contributed by atoms with Crippen LogP contribution in [0.3, 0.4) is 0 Å². The molecule has 0 spiro atoms. The molecule has 1 atom stereocenters. The second kappa shape index (κ2) is 6.95. The van der Waals surface area contributed by atoms with E-state index in [1.54, 1.807) is 18.2 Å². The number of amides is 3. The summed E-state index contributed by atoms with van der Waals surface area (Å²) in [5.74, 6) is -0.804. The summed E-state index contributed by atoms with van der Waals surface area (Å²) in [5, 5.41) is 18.1. The Bertz CT molecular complexity index is 1070. The number of anilines is 1. The third-order valence-electron chi connectivity index (χ3n) is 4.78. The maximum absolute atomic E-state index is 13.3. The summed E-state index contributed by atoms with van der Waals surface area (Å²) in [6, 6.07) is 13.8. The van der Waals surface area contributed by atoms with Crippen LogP contribution in [0.4, 0.5) is 23.7 Å². The van der Waals surface area contributed by atoms with Gasteiger partial charge in [-0.1, -0.05) is 24.3 Å². The molecule has 2 aromatic rings. The predicted molar refractivity (Wildman–Crippen MR) is 94.0 cm³/mol. The molecule has 1 aliphatic heterocycles. The minimum absolute atomic E-state index is 0.333. The zero-order chi connectivity index (χ0) is 21.4. The highest BCUT2D eigenvalue weighted by atomic mass is 19.4. The van der Waals surface area contributed by atoms with Crippen molar-refractivity contribution < 1.29 is 22.8 Å². The van der Waals surface area contributed by atoms with E-state index in [2.05, 4.69) is 6.07 Å². The van der Waals surface area contributed by atoms with Crippen LogP contribution in [0.1, 0.15) is 23.6 Å². The number of hydrogen-bond acceptors (Lipinski definition) is 4. The fraction of sp³-hybridized carbons (Fsp3) is 0.200. The number of carbonyl (C=O) groups is 2. The number of halogens is 3. The fourth-order valence-corrected chi connectivity index (χ4v) is 3.25. The Morgan fingerprint density at radius 3 is 2.34 bits per heavy atom. The Balaban J connectivity index is 2.17. The zero-order valence-electron chi connectivity index (χ0n) is 15.0. The van der Waals surface area contributed by atoms with E-state index in [9.17, 15) is 22.8 Å². The van der Waals surface area contributed by atoms with E-state index in [4.69, 9.17) is 10.5 Å². The lowest BCUT2D eigenvalue weighted by molar-refractivity contribution is -0.137. The Hall–Kier alpha value is -3.85. The zero-order valence-corrected chi connectivity index (χ0v) is 15.0. The average molecular weight is 397 g/mol. The Morgan fingerprint density at radius 1 is 1.14 bits per heavy atom. The second-order valence-electron chi connectivity index (χ2n) is 6.37. The predicted octanol–water partition coefficient (Wildman–Crippen LogP) is 3.58. The molecule has 1 fully saturated rings. The summed E-state index contributed by atoms with van der Waals surface area (Å²) in [4.78, 5) is 27.8. The lowest BCUT2D eigenvalue weighted by Crippen LogP contribution is -2.44. The van der Waals surface area contributed by atoms with Gasteiger partial charge >= 0.3 is 12.2 Å². The number of imide groups is 1. The number of rotatable bonds is 3. The first-order valence-corrected chi connectivity index (χ1v) is 8.27. The smallest absolute Gasteiger partial charge is 0.292 e. The molecular formula is C20H12F3N4O2. The number of nitrogens with zero attached hydrogens (tertiary/aromatic N) is 4. The third-order valence-corrected chi connectivity index (χ3v) is 4.78. The molecule has 0 bridgehead atoms. The van der Waals surface area contributed by atoms with Crippen molar-refractivity contribution in [2.24, 2.45) is 0 Å². The Labute approximate surface area is 164 Å². The molecule has 6 nitrogen and oxygen atoms in total. The number of benzene rings is 2. The van der Waals surface area contributed by atoms with Gasteiger partial charge in [0, 0.05) is 0 Å². The van der Waals surface area contributed by atoms with Gasteiger partial charge in [0.25, 0.3) is 5.91 Å². The van der Waals surface area contributed by atoms with Gasteiger partial charge in [-0.3, -0.25) is 9.69 Å². The highest BCUT2D eigenvalue weighted by Gasteiger charge is 2.56. The van der Waals surface area contributed by atoms with E-state index in [0.29, 0.717) is 16.5 Å². The van der Waals surface area contributed by atoms with Gasteiger partial charge in [0.15, 0.2) is 0 Å². The van der Waals surface area contributed by atoms with E-state index in [1.165, 1.54) is 25.1 Å². The van der Waals surface area contributed by atoms with E-state index in [-0.39, 0.29) is 5.69 Å². The monoisotopic (exact) mass is 397 g/mol. The van der Waals surface area contributed by atoms with Crippen molar-refractivity contribution in [2.75, 3.05) is 11.4 Å². The van der Waals surface area contributed by atoms with Gasteiger partial charge in [-0.2, -0.15) is 23.7 Å². The maximum Gasteiger partial charge on any atom is 0.417 e. The van der Waals surface area contributed by atoms with Crippen LogP contribution in [0.5, 0.6) is 0 Å². The molecule has 2 aromatic carbocycles. The molecule has 3 rings (SSSR count). The molecule has 1 heterocycles. The number of alkyl halides is 3. The van der Waals surface area contributed by atoms with Gasteiger partial charge in [-0.25, -0.2) is 9.69 Å². The lowest BCUT2D eigenvalue weighted by atomic mass is 9.90. The van der Waals surface area contributed by atoms with Crippen LogP contribution in [-0.4, -0.2) is 23.4 Å². The highest BCUT2D eigenvalue weighted by molar-refractivity contribution is 6.23. The van der Waals surface area contributed by atoms with Gasteiger partial charge in [-0.05, 0) is 36.8 Å². The summed E-state index contributed by atoms with van der Waals surface area (Å²) < 4.78 is 39.9. The van der Waals surface area contributed by atoms with Gasteiger partial charge in [0.1, 0.15) is 12.1 Å². The Morgan fingerprint density at radius 2 is 1.79 bits per heavy atom. The number of urea groups is 1. The highest BCUT2D eigenvalue weighted by Crippen LogP contribution is 2.41. The van der Waals surface area contributed by atoms with E-state index in [0.717, 1.165) is 17.0 Å². The van der Waals surface area contributed by atoms with Gasteiger partial charge in [0.2, 0.25) is 0 Å². The second-order valence-corrected chi connectivity index (χ2v) is 6.37. The van der Waals surface area contributed by atoms with Crippen molar-refractivity contribution in [2.45, 2.75) is 18.6 Å². The van der Waals surface area contributed by atoms with Crippen LogP contribution < -0.4 is 4.90 Å². The standard InChI is InChI=1S/C20H12F3N4O2/c1-19(14-5-3-2-4-6-14)17(28)27(18(29)26(19)10-9-24)15-8-7-13(12-25)16(11-15)20(21,22)23/h3-8,11H,10H2,1H3. The molecule has 0 N–H and O–H groups in total. The van der Waals surface area contributed by atoms with Crippen molar-refractivity contribution in [1.82, 2.24) is 4.90 Å². The minimum atomic E-state index is -4.85. The summed E-state index contributed by atoms with van der Waals surface area (Å²) in [5.41, 5.74) is -3.42. The van der Waals surface area contributed by atoms with Crippen LogP contribution in [0.15, 0.2) is 42.5 Å². The fourth-order valence-electron chi connectivity index (χ4n) is 3.25. The number of nitriles is 2. The largest absolute Gasteiger partial charge is 0.417 e. The molecule has 0 aromatic heterocycles. The van der Waals surface area contributed by atoms with Crippen molar-refractivity contribution >= 4 is 17.6 Å². The van der Waals surface area contributed by atoms with Crippen molar-refractivity contribution in [3.63, 3.8) is 0 Å². The first kappa shape index (κ1) is 19.9. The topological polar surface area (TPSA) is 88.2 Å². The minimum Gasteiger partial charge on any atom is -0.292 e. The molecule has 1 aliphatic rings. The molecule has 1 unspecified atom stereocenters. The number of carbonyl (C=O) groups excluding carboxylic acids is 2. The molecule has 1 radical (unpaired) electrons. The van der Waals surface area contributed by atoms with Crippen LogP contribution >= 0.6 is 0 Å². The van der Waals surface area contributed by atoms with Crippen molar-refractivity contribution in [1.29, 1.82) is 10.5 Å². The normalized spacial score (nSPS) is 19.2. The third kappa shape index (κ3) is 3.07. The van der Waals surface area contributed by atoms with Gasteiger partial charge in [-0.15, -0.1) is 0 Å². The van der Waals surface area contributed by atoms with Crippen LogP contribution in [-0.2, 0) is 16.5 Å². The summed E-state index contributed by atoms with van der Waals surface area (Å²) in [6.45, 7) is 0.979. The maximum atomic E-state index is 13.3. The van der Waals surface area contributed by atoms with Crippen LogP contribution in [0, 0.1) is 28.7 Å². The quantitative estimate of drug-likeness (QED) is 0.585. The van der Waals surface area contributed by atoms with E-state index >= 15 is 0 Å². The molecule has 0 aliphatic carbocycles. The van der Waals surface area contributed by atoms with Crippen molar-refractivity contribution in [3.8, 4) is 12.1 Å². The van der Waals surface area contributed by atoms with Crippen molar-refractivity contribution in [3.05, 3.63) is 65.2 Å². The molecular weight excluding hydrogens is 385 g/mol. The van der Waals surface area contributed by atoms with Crippen LogP contribution in [0.2, 0.25) is 0 Å². The number of hydrogen-bond donors (Lipinski definition) is 0. The molecule has 9 heteroatoms. The summed E-state index contributed by atoms with van der Waals surface area (Å²) in [6.07, 6.45) is -4.85.